The quantitative estimate of drug-likeness (QED) is 0.712. The number of aliphatic hydroxyl groups is 1. The van der Waals surface area contributed by atoms with Gasteiger partial charge in [-0.3, -0.25) is 9.59 Å². The molecule has 1 atom stereocenters. The van der Waals surface area contributed by atoms with Crippen LogP contribution in [0, 0.1) is 6.92 Å². The fourth-order valence-corrected chi connectivity index (χ4v) is 1.98. The molecule has 1 aromatic carbocycles. The fourth-order valence-electron chi connectivity index (χ4n) is 1.98. The third kappa shape index (κ3) is 2.87. The molecule has 0 spiro atoms. The zero-order valence-electron chi connectivity index (χ0n) is 10.2. The van der Waals surface area contributed by atoms with Crippen LogP contribution in [-0.2, 0) is 9.59 Å². The smallest absolute Gasteiger partial charge is 0.313 e. The van der Waals surface area contributed by atoms with E-state index in [2.05, 4.69) is 5.32 Å². The third-order valence-corrected chi connectivity index (χ3v) is 2.92. The second kappa shape index (κ2) is 5.18. The van der Waals surface area contributed by atoms with Crippen molar-refractivity contribution in [3.63, 3.8) is 0 Å². The van der Waals surface area contributed by atoms with Crippen molar-refractivity contribution in [2.45, 2.75) is 19.4 Å². The van der Waals surface area contributed by atoms with E-state index in [0.29, 0.717) is 18.7 Å². The summed E-state index contributed by atoms with van der Waals surface area (Å²) in [5.74, 6) is -1.25. The lowest BCUT2D eigenvalue weighted by molar-refractivity contribution is -0.142. The molecule has 1 aromatic rings. The van der Waals surface area contributed by atoms with Crippen molar-refractivity contribution in [3.05, 3.63) is 29.8 Å². The highest BCUT2D eigenvalue weighted by atomic mass is 16.3. The first-order chi connectivity index (χ1) is 8.56. The maximum absolute atomic E-state index is 11.8. The molecule has 0 radical (unpaired) electrons. The van der Waals surface area contributed by atoms with Crippen molar-refractivity contribution in [1.29, 1.82) is 0 Å². The standard InChI is InChI=1S/C13H16N2O3/c1-9-3-2-4-10(7-9)14-12(17)13(18)15-6-5-11(16)8-15/h2-4,7,11,16H,5-6,8H2,1H3,(H,14,17)/t11-/m1/s1. The van der Waals surface area contributed by atoms with Gasteiger partial charge >= 0.3 is 11.8 Å². The van der Waals surface area contributed by atoms with Crippen molar-refractivity contribution >= 4 is 17.5 Å². The molecule has 0 bridgehead atoms. The van der Waals surface area contributed by atoms with Gasteiger partial charge in [-0.2, -0.15) is 0 Å². The molecular formula is C13H16N2O3. The van der Waals surface area contributed by atoms with Gasteiger partial charge in [0.25, 0.3) is 0 Å². The fraction of sp³-hybridized carbons (Fsp3) is 0.385. The highest BCUT2D eigenvalue weighted by Gasteiger charge is 2.28. The SMILES string of the molecule is Cc1cccc(NC(=O)C(=O)N2CC[C@@H](O)C2)c1. The summed E-state index contributed by atoms with van der Waals surface area (Å²) in [6, 6.07) is 7.25. The molecular weight excluding hydrogens is 232 g/mol. The van der Waals surface area contributed by atoms with E-state index in [1.165, 1.54) is 4.90 Å². The highest BCUT2D eigenvalue weighted by molar-refractivity contribution is 6.39. The van der Waals surface area contributed by atoms with E-state index in [9.17, 15) is 14.7 Å². The predicted molar refractivity (Wildman–Crippen MR) is 67.0 cm³/mol. The summed E-state index contributed by atoms with van der Waals surface area (Å²) in [6.45, 7) is 2.58. The van der Waals surface area contributed by atoms with Gasteiger partial charge < -0.3 is 15.3 Å². The Labute approximate surface area is 105 Å². The molecule has 0 saturated carbocycles. The molecule has 2 rings (SSSR count). The van der Waals surface area contributed by atoms with Crippen LogP contribution in [0.3, 0.4) is 0 Å². The van der Waals surface area contributed by atoms with Crippen LogP contribution in [0.1, 0.15) is 12.0 Å². The van der Waals surface area contributed by atoms with E-state index in [0.717, 1.165) is 5.56 Å². The number of nitrogens with zero attached hydrogens (tertiary/aromatic N) is 1. The van der Waals surface area contributed by atoms with Crippen LogP contribution in [0.15, 0.2) is 24.3 Å². The minimum atomic E-state index is -0.658. The molecule has 2 amide bonds. The Balaban J connectivity index is 1.97. The number of rotatable bonds is 1. The van der Waals surface area contributed by atoms with Crippen molar-refractivity contribution in [2.75, 3.05) is 18.4 Å². The highest BCUT2D eigenvalue weighted by Crippen LogP contribution is 2.12. The average molecular weight is 248 g/mol. The summed E-state index contributed by atoms with van der Waals surface area (Å²) in [4.78, 5) is 24.9. The number of hydrogen-bond donors (Lipinski definition) is 2. The van der Waals surface area contributed by atoms with Crippen molar-refractivity contribution in [1.82, 2.24) is 4.90 Å². The number of carbonyl (C=O) groups is 2. The van der Waals surface area contributed by atoms with E-state index in [1.807, 2.05) is 19.1 Å². The number of amides is 2. The zero-order chi connectivity index (χ0) is 13.1. The van der Waals surface area contributed by atoms with Crippen molar-refractivity contribution in [3.8, 4) is 0 Å². The van der Waals surface area contributed by atoms with Crippen LogP contribution < -0.4 is 5.32 Å². The molecule has 0 aliphatic carbocycles. The second-order valence-electron chi connectivity index (χ2n) is 4.52. The van der Waals surface area contributed by atoms with Crippen LogP contribution >= 0.6 is 0 Å². The molecule has 0 aromatic heterocycles. The van der Waals surface area contributed by atoms with Crippen LogP contribution in [0.25, 0.3) is 0 Å². The van der Waals surface area contributed by atoms with Gasteiger partial charge in [0.2, 0.25) is 0 Å². The molecule has 96 valence electrons. The first-order valence-electron chi connectivity index (χ1n) is 5.91. The van der Waals surface area contributed by atoms with Gasteiger partial charge in [-0.05, 0) is 31.0 Å². The van der Waals surface area contributed by atoms with Gasteiger partial charge in [-0.15, -0.1) is 0 Å². The Morgan fingerprint density at radius 1 is 1.44 bits per heavy atom. The number of hydrogen-bond acceptors (Lipinski definition) is 3. The predicted octanol–water partition coefficient (Wildman–Crippen LogP) is 0.527. The van der Waals surface area contributed by atoms with Crippen molar-refractivity contribution < 1.29 is 14.7 Å². The van der Waals surface area contributed by atoms with E-state index in [1.54, 1.807) is 12.1 Å². The Hall–Kier alpha value is -1.88. The molecule has 1 saturated heterocycles. The maximum Gasteiger partial charge on any atom is 0.313 e. The van der Waals surface area contributed by atoms with Crippen LogP contribution in [0.4, 0.5) is 5.69 Å². The Bertz CT molecular complexity index is 473. The minimum Gasteiger partial charge on any atom is -0.391 e. The summed E-state index contributed by atoms with van der Waals surface area (Å²) in [7, 11) is 0. The summed E-state index contributed by atoms with van der Waals surface area (Å²) < 4.78 is 0. The summed E-state index contributed by atoms with van der Waals surface area (Å²) in [5.41, 5.74) is 1.62. The van der Waals surface area contributed by atoms with E-state index in [4.69, 9.17) is 0 Å². The van der Waals surface area contributed by atoms with Gasteiger partial charge in [-0.25, -0.2) is 0 Å². The van der Waals surface area contributed by atoms with E-state index < -0.39 is 17.9 Å². The largest absolute Gasteiger partial charge is 0.391 e. The lowest BCUT2D eigenvalue weighted by Crippen LogP contribution is -2.38. The number of nitrogens with one attached hydrogen (secondary N) is 1. The molecule has 0 unspecified atom stereocenters. The van der Waals surface area contributed by atoms with E-state index in [-0.39, 0.29) is 6.54 Å². The first-order valence-corrected chi connectivity index (χ1v) is 5.91. The van der Waals surface area contributed by atoms with Gasteiger partial charge in [0, 0.05) is 18.8 Å². The monoisotopic (exact) mass is 248 g/mol. The Kier molecular flexibility index (Phi) is 3.62. The number of aliphatic hydroxyl groups excluding tert-OH is 1. The molecule has 5 heteroatoms. The number of aryl methyl sites for hydroxylation is 1. The number of anilines is 1. The number of likely N-dealkylation sites (tertiary alicyclic amines) is 1. The van der Waals surface area contributed by atoms with Gasteiger partial charge in [0.1, 0.15) is 0 Å². The third-order valence-electron chi connectivity index (χ3n) is 2.92. The molecule has 1 heterocycles. The lowest BCUT2D eigenvalue weighted by Gasteiger charge is -2.14. The first kappa shape index (κ1) is 12.6. The maximum atomic E-state index is 11.8. The molecule has 2 N–H and O–H groups in total. The van der Waals surface area contributed by atoms with E-state index >= 15 is 0 Å². The normalized spacial score (nSPS) is 18.8. The summed E-state index contributed by atoms with van der Waals surface area (Å²) in [5, 5.41) is 11.9. The molecule has 5 nitrogen and oxygen atoms in total. The Morgan fingerprint density at radius 3 is 2.83 bits per heavy atom. The van der Waals surface area contributed by atoms with Crippen LogP contribution in [-0.4, -0.2) is 41.0 Å². The Morgan fingerprint density at radius 2 is 2.22 bits per heavy atom. The van der Waals surface area contributed by atoms with Gasteiger partial charge in [-0.1, -0.05) is 12.1 Å². The second-order valence-corrected chi connectivity index (χ2v) is 4.52. The minimum absolute atomic E-state index is 0.236. The summed E-state index contributed by atoms with van der Waals surface area (Å²) in [6.07, 6.45) is 0.0180. The van der Waals surface area contributed by atoms with Gasteiger partial charge in [0.15, 0.2) is 0 Å². The molecule has 1 fully saturated rings. The zero-order valence-corrected chi connectivity index (χ0v) is 10.2. The number of β-amino-alcohol motifs (C(OH)–C–C–N with tert-alkyl or cyclic N) is 1. The lowest BCUT2D eigenvalue weighted by atomic mass is 10.2. The number of benzene rings is 1. The average Bonchev–Trinajstić information content (AvgIpc) is 2.75. The summed E-state index contributed by atoms with van der Waals surface area (Å²) >= 11 is 0. The molecule has 1 aliphatic rings. The van der Waals surface area contributed by atoms with Crippen molar-refractivity contribution in [2.24, 2.45) is 0 Å². The van der Waals surface area contributed by atoms with Crippen LogP contribution in [0.5, 0.6) is 0 Å². The number of carbonyl (C=O) groups excluding carboxylic acids is 2. The topological polar surface area (TPSA) is 69.6 Å². The molecule has 1 aliphatic heterocycles. The van der Waals surface area contributed by atoms with Crippen LogP contribution in [0.2, 0.25) is 0 Å². The van der Waals surface area contributed by atoms with Gasteiger partial charge in [0.05, 0.1) is 6.10 Å². The molecule has 18 heavy (non-hydrogen) atoms.